The van der Waals surface area contributed by atoms with E-state index >= 15 is 0 Å². The molecule has 0 aliphatic rings. The van der Waals surface area contributed by atoms with Crippen molar-refractivity contribution in [2.75, 3.05) is 18.9 Å². The Labute approximate surface area is 130 Å². The van der Waals surface area contributed by atoms with Crippen LogP contribution in [0.5, 0.6) is 0 Å². The van der Waals surface area contributed by atoms with Gasteiger partial charge in [-0.2, -0.15) is 0 Å². The zero-order valence-corrected chi connectivity index (χ0v) is 14.1. The fraction of sp³-hybridized carbons (Fsp3) is 0.364. The second-order valence-electron chi connectivity index (χ2n) is 3.58. The van der Waals surface area contributed by atoms with E-state index in [9.17, 15) is 4.79 Å². The average Bonchev–Trinajstić information content (AvgIpc) is 2.24. The molecule has 17 heavy (non-hydrogen) atoms. The Morgan fingerprint density at radius 3 is 2.71 bits per heavy atom. The minimum Gasteiger partial charge on any atom is -0.326 e. The minimum atomic E-state index is -0.0358. The summed E-state index contributed by atoms with van der Waals surface area (Å²) in [5.41, 5.74) is 0.834. The van der Waals surface area contributed by atoms with Crippen molar-refractivity contribution in [3.63, 3.8) is 0 Å². The summed E-state index contributed by atoms with van der Waals surface area (Å²) in [6, 6.07) is 5.75. The second-order valence-corrected chi connectivity index (χ2v) is 5.59. The van der Waals surface area contributed by atoms with Gasteiger partial charge in [-0.25, -0.2) is 0 Å². The third-order valence-corrected chi connectivity index (χ3v) is 4.47. The molecule has 0 aliphatic heterocycles. The Hall–Kier alpha value is 0.150. The lowest BCUT2D eigenvalue weighted by atomic mass is 10.1. The summed E-state index contributed by atoms with van der Waals surface area (Å²) in [4.78, 5) is 11.7. The van der Waals surface area contributed by atoms with Crippen molar-refractivity contribution in [2.45, 2.75) is 6.92 Å². The molecule has 0 fully saturated rings. The van der Waals surface area contributed by atoms with Crippen LogP contribution in [0.3, 0.4) is 0 Å². The Kier molecular flexibility index (Phi) is 8.36. The molecule has 96 valence electrons. The number of anilines is 1. The summed E-state index contributed by atoms with van der Waals surface area (Å²) in [7, 11) is 1.84. The van der Waals surface area contributed by atoms with E-state index in [2.05, 4.69) is 49.2 Å². The van der Waals surface area contributed by atoms with Crippen LogP contribution in [-0.2, 0) is 4.79 Å². The highest BCUT2D eigenvalue weighted by atomic mass is 127. The number of hydrogen-bond acceptors (Lipinski definition) is 2. The summed E-state index contributed by atoms with van der Waals surface area (Å²) in [5, 5.41) is 5.87. The number of halogens is 3. The van der Waals surface area contributed by atoms with E-state index < -0.39 is 0 Å². The van der Waals surface area contributed by atoms with Gasteiger partial charge in [-0.3, -0.25) is 4.79 Å². The van der Waals surface area contributed by atoms with Crippen LogP contribution in [0.2, 0.25) is 0 Å². The molecule has 1 atom stereocenters. The molecule has 0 aromatic heterocycles. The number of hydrogen-bond donors (Lipinski definition) is 2. The standard InChI is InChI=1S/C11H14BrIN2O.ClH/c1-7(6-14-2)11(16)15-8-3-4-9(12)10(13)5-8;/h3-5,7,14H,6H2,1-2H3,(H,15,16);1H. The summed E-state index contributed by atoms with van der Waals surface area (Å²) in [5.74, 6) is -0.00113. The third kappa shape index (κ3) is 5.54. The Morgan fingerprint density at radius 2 is 2.18 bits per heavy atom. The smallest absolute Gasteiger partial charge is 0.228 e. The Morgan fingerprint density at radius 1 is 1.53 bits per heavy atom. The number of carbonyl (C=O) groups is 1. The largest absolute Gasteiger partial charge is 0.326 e. The zero-order valence-electron chi connectivity index (χ0n) is 9.59. The van der Waals surface area contributed by atoms with Gasteiger partial charge in [0.25, 0.3) is 0 Å². The number of rotatable bonds is 4. The molecule has 0 spiro atoms. The Bertz CT molecular complexity index is 390. The quantitative estimate of drug-likeness (QED) is 0.716. The van der Waals surface area contributed by atoms with Crippen molar-refractivity contribution in [3.8, 4) is 0 Å². The van der Waals surface area contributed by atoms with Crippen LogP contribution in [-0.4, -0.2) is 19.5 Å². The lowest BCUT2D eigenvalue weighted by Gasteiger charge is -2.12. The molecule has 0 heterocycles. The normalized spacial score (nSPS) is 11.5. The van der Waals surface area contributed by atoms with E-state index in [4.69, 9.17) is 0 Å². The molecular weight excluding hydrogens is 418 g/mol. The van der Waals surface area contributed by atoms with Crippen molar-refractivity contribution in [2.24, 2.45) is 5.92 Å². The first kappa shape index (κ1) is 17.2. The van der Waals surface area contributed by atoms with Crippen LogP contribution in [0.4, 0.5) is 5.69 Å². The first-order valence-electron chi connectivity index (χ1n) is 4.95. The summed E-state index contributed by atoms with van der Waals surface area (Å²) in [6.45, 7) is 2.58. The molecule has 1 rings (SSSR count). The summed E-state index contributed by atoms with van der Waals surface area (Å²) < 4.78 is 2.12. The van der Waals surface area contributed by atoms with Crippen LogP contribution in [0.25, 0.3) is 0 Å². The number of carbonyl (C=O) groups excluding carboxylic acids is 1. The number of amides is 1. The highest BCUT2D eigenvalue weighted by Gasteiger charge is 2.12. The highest BCUT2D eigenvalue weighted by molar-refractivity contribution is 14.1. The molecule has 1 unspecified atom stereocenters. The van der Waals surface area contributed by atoms with Gasteiger partial charge in [0.05, 0.1) is 0 Å². The van der Waals surface area contributed by atoms with Crippen LogP contribution in [0.1, 0.15) is 6.92 Å². The molecule has 0 saturated carbocycles. The molecular formula is C11H15BrClIN2O. The molecule has 1 amide bonds. The van der Waals surface area contributed by atoms with Gasteiger partial charge in [0.1, 0.15) is 0 Å². The molecule has 0 radical (unpaired) electrons. The van der Waals surface area contributed by atoms with E-state index in [-0.39, 0.29) is 24.2 Å². The SMILES string of the molecule is CNCC(C)C(=O)Nc1ccc(Br)c(I)c1.Cl. The minimum absolute atomic E-state index is 0. The molecule has 2 N–H and O–H groups in total. The monoisotopic (exact) mass is 432 g/mol. The molecule has 1 aromatic rings. The number of benzene rings is 1. The van der Waals surface area contributed by atoms with Crippen LogP contribution < -0.4 is 10.6 Å². The Balaban J connectivity index is 0.00000256. The fourth-order valence-corrected chi connectivity index (χ4v) is 2.00. The van der Waals surface area contributed by atoms with Crippen molar-refractivity contribution >= 4 is 62.5 Å². The van der Waals surface area contributed by atoms with Gasteiger partial charge in [-0.1, -0.05) is 6.92 Å². The van der Waals surface area contributed by atoms with Gasteiger partial charge in [-0.15, -0.1) is 12.4 Å². The molecule has 0 saturated heterocycles. The zero-order chi connectivity index (χ0) is 12.1. The van der Waals surface area contributed by atoms with Crippen LogP contribution >= 0.6 is 50.9 Å². The van der Waals surface area contributed by atoms with E-state index in [1.54, 1.807) is 0 Å². The predicted octanol–water partition coefficient (Wildman–Crippen LogP) is 3.27. The lowest BCUT2D eigenvalue weighted by molar-refractivity contribution is -0.119. The lowest BCUT2D eigenvalue weighted by Crippen LogP contribution is -2.28. The first-order chi connectivity index (χ1) is 7.54. The topological polar surface area (TPSA) is 41.1 Å². The van der Waals surface area contributed by atoms with Crippen molar-refractivity contribution < 1.29 is 4.79 Å². The highest BCUT2D eigenvalue weighted by Crippen LogP contribution is 2.22. The van der Waals surface area contributed by atoms with E-state index in [1.165, 1.54) is 0 Å². The van der Waals surface area contributed by atoms with Gasteiger partial charge in [0.2, 0.25) is 5.91 Å². The third-order valence-electron chi connectivity index (χ3n) is 2.15. The van der Waals surface area contributed by atoms with Crippen molar-refractivity contribution in [1.29, 1.82) is 0 Å². The summed E-state index contributed by atoms with van der Waals surface area (Å²) in [6.07, 6.45) is 0. The maximum atomic E-state index is 11.7. The van der Waals surface area contributed by atoms with Gasteiger partial charge < -0.3 is 10.6 Å². The molecule has 3 nitrogen and oxygen atoms in total. The van der Waals surface area contributed by atoms with E-state index in [1.807, 2.05) is 32.2 Å². The van der Waals surface area contributed by atoms with E-state index in [0.717, 1.165) is 13.7 Å². The van der Waals surface area contributed by atoms with Crippen molar-refractivity contribution in [3.05, 3.63) is 26.2 Å². The molecule has 6 heteroatoms. The maximum Gasteiger partial charge on any atom is 0.228 e. The first-order valence-corrected chi connectivity index (χ1v) is 6.82. The fourth-order valence-electron chi connectivity index (χ4n) is 1.24. The average molecular weight is 434 g/mol. The maximum absolute atomic E-state index is 11.7. The molecule has 0 bridgehead atoms. The van der Waals surface area contributed by atoms with Crippen molar-refractivity contribution in [1.82, 2.24) is 5.32 Å². The van der Waals surface area contributed by atoms with Gasteiger partial charge >= 0.3 is 0 Å². The van der Waals surface area contributed by atoms with Crippen LogP contribution in [0, 0.1) is 9.49 Å². The van der Waals surface area contributed by atoms with E-state index in [0.29, 0.717) is 6.54 Å². The van der Waals surface area contributed by atoms with Crippen LogP contribution in [0.15, 0.2) is 22.7 Å². The summed E-state index contributed by atoms with van der Waals surface area (Å²) >= 11 is 5.64. The number of nitrogens with one attached hydrogen (secondary N) is 2. The molecule has 1 aromatic carbocycles. The predicted molar refractivity (Wildman–Crippen MR) is 85.8 cm³/mol. The molecule has 0 aliphatic carbocycles. The van der Waals surface area contributed by atoms with Gasteiger partial charge in [0, 0.05) is 26.2 Å². The van der Waals surface area contributed by atoms with Gasteiger partial charge in [-0.05, 0) is 63.8 Å². The van der Waals surface area contributed by atoms with Gasteiger partial charge in [0.15, 0.2) is 0 Å². The second kappa shape index (κ2) is 8.29.